The molecule has 1 aromatic carbocycles. The zero-order chi connectivity index (χ0) is 12.6. The molecule has 5 heteroatoms. The Kier molecular flexibility index (Phi) is 9.39. The van der Waals surface area contributed by atoms with Crippen molar-refractivity contribution >= 4 is 78.8 Å². The molecule has 0 aliphatic carbocycles. The molecule has 2 rings (SSSR count). The van der Waals surface area contributed by atoms with Crippen LogP contribution in [0.3, 0.4) is 0 Å². The first-order valence-electron chi connectivity index (χ1n) is 4.91. The quantitative estimate of drug-likeness (QED) is 0.335. The molecule has 0 radical (unpaired) electrons. The smallest absolute Gasteiger partial charge is 0.121 e. The van der Waals surface area contributed by atoms with Crippen LogP contribution in [0.5, 0.6) is 0 Å². The van der Waals surface area contributed by atoms with Gasteiger partial charge in [0.15, 0.2) is 0 Å². The number of aromatic nitrogens is 2. The molecule has 2 aromatic rings. The molecular weight excluding hydrogens is 541 g/mol. The Morgan fingerprint density at radius 2 is 1.62 bits per heavy atom. The fourth-order valence-corrected chi connectivity index (χ4v) is 0.880. The Morgan fingerprint density at radius 3 is 2.12 bits per heavy atom. The van der Waals surface area contributed by atoms with Gasteiger partial charge < -0.3 is 4.98 Å². The van der Waals surface area contributed by atoms with E-state index in [4.69, 9.17) is 0 Å². The Morgan fingerprint density at radius 1 is 1.12 bits per heavy atom. The topological polar surface area (TPSA) is 28.7 Å². The van der Waals surface area contributed by atoms with E-state index in [1.54, 1.807) is 6.33 Å². The highest BCUT2D eigenvalue weighted by atomic mass is 127. The summed E-state index contributed by atoms with van der Waals surface area (Å²) >= 11 is 7.05. The van der Waals surface area contributed by atoms with E-state index in [0.29, 0.717) is -0.565 Å². The van der Waals surface area contributed by atoms with Crippen LogP contribution >= 0.6 is 67.8 Å². The zero-order valence-electron chi connectivity index (χ0n) is 9.47. The first-order valence-corrected chi connectivity index (χ1v) is 8.15. The van der Waals surface area contributed by atoms with Crippen LogP contribution in [0.25, 0.3) is 11.0 Å². The van der Waals surface area contributed by atoms with Crippen molar-refractivity contribution in [3.63, 3.8) is 0 Å². The number of nitrogens with one attached hydrogen (secondary N) is 1. The fourth-order valence-electron chi connectivity index (χ4n) is 0.880. The summed E-state index contributed by atoms with van der Waals surface area (Å²) in [5.41, 5.74) is 2.12. The number of aromatic amines is 1. The molecule has 2 nitrogen and oxygen atoms in total. The molecule has 0 bridgehead atoms. The highest BCUT2D eigenvalue weighted by Gasteiger charge is 2.04. The van der Waals surface area contributed by atoms with E-state index in [1.807, 2.05) is 38.1 Å². The van der Waals surface area contributed by atoms with E-state index in [9.17, 15) is 0 Å². The van der Waals surface area contributed by atoms with Gasteiger partial charge in [0.2, 0.25) is 0 Å². The maximum atomic E-state index is 4.06. The second-order valence-electron chi connectivity index (χ2n) is 2.70. The van der Waals surface area contributed by atoms with Crippen LogP contribution in [0, 0.1) is 0 Å². The van der Waals surface area contributed by atoms with Gasteiger partial charge >= 0.3 is 0 Å². The fraction of sp³-hybridized carbons (Fsp3) is 0.364. The predicted octanol–water partition coefficient (Wildman–Crippen LogP) is 5.55. The average Bonchev–Trinajstić information content (AvgIpc) is 2.66. The molecule has 0 spiro atoms. The molecule has 1 aromatic heterocycles. The largest absolute Gasteiger partial charge is 0.345 e. The van der Waals surface area contributed by atoms with Gasteiger partial charge in [0.05, 0.1) is 17.4 Å². The lowest BCUT2D eigenvalue weighted by atomic mass is 10.3. The Bertz CT molecular complexity index is 357. The molecule has 0 unspecified atom stereocenters. The number of halogens is 3. The third-order valence-electron chi connectivity index (χ3n) is 1.33. The number of para-hydroxylation sites is 2. The summed E-state index contributed by atoms with van der Waals surface area (Å²) in [6.45, 7) is 6.15. The SMILES string of the molecule is CC.CC(I)(I)I.c1ccc2[nH]cnc2c1. The molecule has 0 fully saturated rings. The number of imidazole rings is 1. The van der Waals surface area contributed by atoms with Crippen LogP contribution < -0.4 is 0 Å². The molecule has 0 saturated carbocycles. The standard InChI is InChI=1S/C7H6N2.C2H3I3.C2H6/c1-2-4-7-6(3-1)8-5-9-7;1-2(3,4)5;1-2/h1-5H,(H,8,9);1H3;1-2H3. The number of rotatable bonds is 0. The summed E-state index contributed by atoms with van der Waals surface area (Å²) in [7, 11) is 0. The second-order valence-corrected chi connectivity index (χ2v) is 15.4. The van der Waals surface area contributed by atoms with Crippen molar-refractivity contribution in [1.82, 2.24) is 9.97 Å². The van der Waals surface area contributed by atoms with Crippen LogP contribution in [0.1, 0.15) is 20.8 Å². The lowest BCUT2D eigenvalue weighted by Crippen LogP contribution is -1.82. The van der Waals surface area contributed by atoms with E-state index >= 15 is 0 Å². The molecular formula is C11H15I3N2. The van der Waals surface area contributed by atoms with Crippen molar-refractivity contribution in [2.45, 2.75) is 20.2 Å². The van der Waals surface area contributed by atoms with E-state index < -0.39 is 0 Å². The van der Waals surface area contributed by atoms with Gasteiger partial charge in [-0.15, -0.1) is 0 Å². The Labute approximate surface area is 138 Å². The lowest BCUT2D eigenvalue weighted by molar-refractivity contribution is 1.34. The molecule has 0 atom stereocenters. The van der Waals surface area contributed by atoms with Gasteiger partial charge in [0.25, 0.3) is 0 Å². The normalized spacial score (nSPS) is 9.88. The van der Waals surface area contributed by atoms with Crippen LogP contribution in [-0.2, 0) is 0 Å². The average molecular weight is 556 g/mol. The number of alkyl halides is 3. The first-order chi connectivity index (χ1) is 7.47. The van der Waals surface area contributed by atoms with Crippen molar-refractivity contribution in [3.8, 4) is 0 Å². The molecule has 90 valence electrons. The molecule has 0 amide bonds. The summed E-state index contributed by atoms with van der Waals surface area (Å²) in [4.78, 5) is 7.07. The Hall–Kier alpha value is 0.880. The third kappa shape index (κ3) is 8.97. The van der Waals surface area contributed by atoms with Crippen molar-refractivity contribution in [2.24, 2.45) is 0 Å². The van der Waals surface area contributed by atoms with Crippen LogP contribution in [-0.4, -0.2) is 9.40 Å². The predicted molar refractivity (Wildman–Crippen MR) is 97.9 cm³/mol. The van der Waals surface area contributed by atoms with Crippen molar-refractivity contribution in [1.29, 1.82) is 0 Å². The number of nitrogens with zero attached hydrogens (tertiary/aromatic N) is 1. The minimum absolute atomic E-state index is 0.410. The van der Waals surface area contributed by atoms with E-state index in [0.717, 1.165) is 11.0 Å². The van der Waals surface area contributed by atoms with Gasteiger partial charge in [-0.25, -0.2) is 4.98 Å². The first kappa shape index (κ1) is 16.9. The second kappa shape index (κ2) is 8.90. The maximum absolute atomic E-state index is 4.06. The lowest BCUT2D eigenvalue weighted by Gasteiger charge is -1.96. The summed E-state index contributed by atoms with van der Waals surface area (Å²) in [5, 5.41) is 0. The molecule has 0 aliphatic rings. The van der Waals surface area contributed by atoms with Gasteiger partial charge in [-0.05, 0) is 19.1 Å². The number of fused-ring (bicyclic) bond motifs is 1. The summed E-state index contributed by atoms with van der Waals surface area (Å²) in [6.07, 6.45) is 1.70. The van der Waals surface area contributed by atoms with Gasteiger partial charge in [0.1, 0.15) is -0.565 Å². The summed E-state index contributed by atoms with van der Waals surface area (Å²) < 4.78 is 0.410. The molecule has 0 aliphatic heterocycles. The third-order valence-corrected chi connectivity index (χ3v) is 1.33. The number of benzene rings is 1. The van der Waals surface area contributed by atoms with Gasteiger partial charge in [-0.1, -0.05) is 93.8 Å². The molecule has 0 saturated heterocycles. The number of H-pyrrole nitrogens is 1. The van der Waals surface area contributed by atoms with Crippen molar-refractivity contribution in [2.75, 3.05) is 0 Å². The Balaban J connectivity index is 0.000000280. The van der Waals surface area contributed by atoms with Gasteiger partial charge in [-0.2, -0.15) is 0 Å². The summed E-state index contributed by atoms with van der Waals surface area (Å²) in [6, 6.07) is 7.94. The summed E-state index contributed by atoms with van der Waals surface area (Å²) in [5.74, 6) is 0. The molecule has 16 heavy (non-hydrogen) atoms. The molecule has 1 heterocycles. The van der Waals surface area contributed by atoms with Crippen LogP contribution in [0.15, 0.2) is 30.6 Å². The molecule has 1 N–H and O–H groups in total. The van der Waals surface area contributed by atoms with Gasteiger partial charge in [0, 0.05) is 0 Å². The van der Waals surface area contributed by atoms with Crippen LogP contribution in [0.2, 0.25) is 0 Å². The van der Waals surface area contributed by atoms with Crippen LogP contribution in [0.4, 0.5) is 0 Å². The van der Waals surface area contributed by atoms with E-state index in [2.05, 4.69) is 84.7 Å². The minimum atomic E-state index is 0.410. The number of hydrogen-bond acceptors (Lipinski definition) is 1. The van der Waals surface area contributed by atoms with Crippen molar-refractivity contribution in [3.05, 3.63) is 30.6 Å². The maximum Gasteiger partial charge on any atom is 0.121 e. The minimum Gasteiger partial charge on any atom is -0.345 e. The van der Waals surface area contributed by atoms with E-state index in [-0.39, 0.29) is 0 Å². The highest BCUT2D eigenvalue weighted by molar-refractivity contribution is 14.3. The monoisotopic (exact) mass is 556 g/mol. The van der Waals surface area contributed by atoms with Gasteiger partial charge in [-0.3, -0.25) is 0 Å². The highest BCUT2D eigenvalue weighted by Crippen LogP contribution is 2.33. The van der Waals surface area contributed by atoms with Crippen molar-refractivity contribution < 1.29 is 0 Å². The van der Waals surface area contributed by atoms with E-state index in [1.165, 1.54) is 0 Å². The zero-order valence-corrected chi connectivity index (χ0v) is 15.9. The number of hydrogen-bond donors (Lipinski definition) is 1.